The summed E-state index contributed by atoms with van der Waals surface area (Å²) in [5.74, 6) is 1.79. The third-order valence-corrected chi connectivity index (χ3v) is 4.13. The highest BCUT2D eigenvalue weighted by molar-refractivity contribution is 7.03. The van der Waals surface area contributed by atoms with E-state index in [9.17, 15) is 0 Å². The molecule has 5 heteroatoms. The molecule has 2 atom stereocenters. The van der Waals surface area contributed by atoms with E-state index in [2.05, 4.69) is 25.2 Å². The summed E-state index contributed by atoms with van der Waals surface area (Å²) in [6.07, 6.45) is 1.34. The van der Waals surface area contributed by atoms with E-state index < -0.39 is 0 Å². The molecule has 4 nitrogen and oxygen atoms in total. The molecule has 1 aromatic heterocycles. The molecule has 0 amide bonds. The summed E-state index contributed by atoms with van der Waals surface area (Å²) >= 11 is 1.45. The molecule has 0 bridgehead atoms. The van der Waals surface area contributed by atoms with Crippen molar-refractivity contribution in [3.8, 4) is 0 Å². The SMILES string of the molecule is c1snnc1CN1CCC2CNCC2C1. The lowest BCUT2D eigenvalue weighted by Crippen LogP contribution is -2.39. The van der Waals surface area contributed by atoms with Gasteiger partial charge in [0, 0.05) is 18.5 Å². The summed E-state index contributed by atoms with van der Waals surface area (Å²) in [5.41, 5.74) is 1.13. The summed E-state index contributed by atoms with van der Waals surface area (Å²) in [5, 5.41) is 9.65. The summed E-state index contributed by atoms with van der Waals surface area (Å²) in [4.78, 5) is 2.52. The number of piperidine rings is 1. The van der Waals surface area contributed by atoms with E-state index in [1.165, 1.54) is 44.1 Å². The third kappa shape index (κ3) is 2.04. The van der Waals surface area contributed by atoms with E-state index in [1.807, 2.05) is 0 Å². The monoisotopic (exact) mass is 224 g/mol. The van der Waals surface area contributed by atoms with E-state index in [-0.39, 0.29) is 0 Å². The van der Waals surface area contributed by atoms with Gasteiger partial charge in [0.1, 0.15) is 0 Å². The van der Waals surface area contributed by atoms with Crippen LogP contribution >= 0.6 is 11.5 Å². The number of nitrogens with zero attached hydrogens (tertiary/aromatic N) is 3. The lowest BCUT2D eigenvalue weighted by atomic mass is 9.89. The quantitative estimate of drug-likeness (QED) is 0.798. The maximum atomic E-state index is 4.11. The van der Waals surface area contributed by atoms with E-state index in [0.29, 0.717) is 0 Å². The zero-order valence-corrected chi connectivity index (χ0v) is 9.54. The first-order valence-electron chi connectivity index (χ1n) is 5.61. The van der Waals surface area contributed by atoms with Gasteiger partial charge in [-0.3, -0.25) is 4.90 Å². The Balaban J connectivity index is 1.59. The maximum absolute atomic E-state index is 4.11. The minimum Gasteiger partial charge on any atom is -0.316 e. The van der Waals surface area contributed by atoms with E-state index >= 15 is 0 Å². The van der Waals surface area contributed by atoms with Crippen molar-refractivity contribution in [2.24, 2.45) is 11.8 Å². The Bertz CT molecular complexity index is 313. The van der Waals surface area contributed by atoms with Crippen LogP contribution in [0.2, 0.25) is 0 Å². The number of nitrogens with one attached hydrogen (secondary N) is 1. The van der Waals surface area contributed by atoms with Crippen LogP contribution in [-0.4, -0.2) is 40.7 Å². The molecule has 82 valence electrons. The number of hydrogen-bond acceptors (Lipinski definition) is 5. The van der Waals surface area contributed by atoms with Gasteiger partial charge in [-0.25, -0.2) is 0 Å². The molecule has 0 spiro atoms. The zero-order valence-electron chi connectivity index (χ0n) is 8.72. The molecule has 0 aliphatic carbocycles. The van der Waals surface area contributed by atoms with Gasteiger partial charge in [-0.15, -0.1) is 5.10 Å². The molecular formula is C10H16N4S. The van der Waals surface area contributed by atoms with Crippen LogP contribution in [-0.2, 0) is 6.54 Å². The largest absolute Gasteiger partial charge is 0.316 e. The molecule has 2 aliphatic heterocycles. The topological polar surface area (TPSA) is 41.1 Å². The van der Waals surface area contributed by atoms with Crippen LogP contribution in [0.5, 0.6) is 0 Å². The van der Waals surface area contributed by atoms with Gasteiger partial charge in [-0.05, 0) is 49.4 Å². The van der Waals surface area contributed by atoms with Crippen LogP contribution in [0.15, 0.2) is 5.38 Å². The molecule has 3 heterocycles. The van der Waals surface area contributed by atoms with Crippen LogP contribution in [0.25, 0.3) is 0 Å². The van der Waals surface area contributed by atoms with Crippen molar-refractivity contribution in [2.75, 3.05) is 26.2 Å². The predicted molar refractivity (Wildman–Crippen MR) is 59.7 cm³/mol. The third-order valence-electron chi connectivity index (χ3n) is 3.58. The van der Waals surface area contributed by atoms with Crippen molar-refractivity contribution >= 4 is 11.5 Å². The van der Waals surface area contributed by atoms with Gasteiger partial charge in [0.2, 0.25) is 0 Å². The van der Waals surface area contributed by atoms with Crippen molar-refractivity contribution in [1.29, 1.82) is 0 Å². The second-order valence-corrected chi connectivity index (χ2v) is 5.21. The Kier molecular flexibility index (Phi) is 2.68. The fourth-order valence-electron chi connectivity index (χ4n) is 2.74. The molecule has 0 radical (unpaired) electrons. The van der Waals surface area contributed by atoms with Crippen LogP contribution in [0, 0.1) is 11.8 Å². The highest BCUT2D eigenvalue weighted by Gasteiger charge is 2.32. The number of rotatable bonds is 2. The average molecular weight is 224 g/mol. The van der Waals surface area contributed by atoms with Gasteiger partial charge < -0.3 is 5.32 Å². The second kappa shape index (κ2) is 4.15. The van der Waals surface area contributed by atoms with Gasteiger partial charge in [0.15, 0.2) is 0 Å². The number of aromatic nitrogens is 2. The standard InChI is InChI=1S/C10H16N4S/c1-2-14(6-10-7-15-13-12-10)5-9-4-11-3-8(1)9/h7-9,11H,1-6H2. The maximum Gasteiger partial charge on any atom is 0.0895 e. The fourth-order valence-corrected chi connectivity index (χ4v) is 3.18. The Hall–Kier alpha value is -0.520. The predicted octanol–water partition coefficient (Wildman–Crippen LogP) is 0.579. The number of hydrogen-bond donors (Lipinski definition) is 1. The molecule has 2 fully saturated rings. The smallest absolute Gasteiger partial charge is 0.0895 e. The van der Waals surface area contributed by atoms with E-state index in [1.54, 1.807) is 0 Å². The van der Waals surface area contributed by atoms with E-state index in [4.69, 9.17) is 0 Å². The molecule has 1 aromatic rings. The van der Waals surface area contributed by atoms with Gasteiger partial charge in [0.25, 0.3) is 0 Å². The Morgan fingerprint density at radius 2 is 2.40 bits per heavy atom. The molecule has 15 heavy (non-hydrogen) atoms. The van der Waals surface area contributed by atoms with Crippen molar-refractivity contribution in [2.45, 2.75) is 13.0 Å². The number of fused-ring (bicyclic) bond motifs is 1. The van der Waals surface area contributed by atoms with Crippen LogP contribution in [0.3, 0.4) is 0 Å². The molecular weight excluding hydrogens is 208 g/mol. The average Bonchev–Trinajstić information content (AvgIpc) is 2.87. The molecule has 2 aliphatic rings. The highest BCUT2D eigenvalue weighted by atomic mass is 32.1. The first-order valence-corrected chi connectivity index (χ1v) is 6.44. The summed E-state index contributed by atoms with van der Waals surface area (Å²) in [7, 11) is 0. The minimum absolute atomic E-state index is 0.866. The lowest BCUT2D eigenvalue weighted by molar-refractivity contribution is 0.141. The molecule has 2 unspecified atom stereocenters. The molecule has 0 saturated carbocycles. The molecule has 1 N–H and O–H groups in total. The Morgan fingerprint density at radius 1 is 1.47 bits per heavy atom. The summed E-state index contributed by atoms with van der Waals surface area (Å²) in [6.45, 7) is 5.88. The van der Waals surface area contributed by atoms with Crippen LogP contribution in [0.4, 0.5) is 0 Å². The van der Waals surface area contributed by atoms with Gasteiger partial charge in [-0.1, -0.05) is 4.49 Å². The first-order chi connectivity index (χ1) is 7.42. The lowest BCUT2D eigenvalue weighted by Gasteiger charge is -2.33. The summed E-state index contributed by atoms with van der Waals surface area (Å²) < 4.78 is 3.91. The van der Waals surface area contributed by atoms with Crippen LogP contribution in [0.1, 0.15) is 12.1 Å². The van der Waals surface area contributed by atoms with Gasteiger partial charge in [-0.2, -0.15) is 0 Å². The molecule has 0 aromatic carbocycles. The van der Waals surface area contributed by atoms with Gasteiger partial charge in [0.05, 0.1) is 5.69 Å². The van der Waals surface area contributed by atoms with Crippen molar-refractivity contribution < 1.29 is 0 Å². The van der Waals surface area contributed by atoms with Crippen molar-refractivity contribution in [3.63, 3.8) is 0 Å². The van der Waals surface area contributed by atoms with Crippen molar-refractivity contribution in [3.05, 3.63) is 11.1 Å². The molecule has 2 saturated heterocycles. The Labute approximate surface area is 93.8 Å². The van der Waals surface area contributed by atoms with Gasteiger partial charge >= 0.3 is 0 Å². The zero-order chi connectivity index (χ0) is 10.1. The summed E-state index contributed by atoms with van der Waals surface area (Å²) in [6, 6.07) is 0. The second-order valence-electron chi connectivity index (χ2n) is 4.60. The first kappa shape index (κ1) is 9.69. The van der Waals surface area contributed by atoms with E-state index in [0.717, 1.165) is 24.1 Å². The highest BCUT2D eigenvalue weighted by Crippen LogP contribution is 2.27. The fraction of sp³-hybridized carbons (Fsp3) is 0.800. The number of likely N-dealkylation sites (tertiary alicyclic amines) is 1. The molecule has 3 rings (SSSR count). The van der Waals surface area contributed by atoms with Crippen LogP contribution < -0.4 is 5.32 Å². The Morgan fingerprint density at radius 3 is 3.27 bits per heavy atom. The van der Waals surface area contributed by atoms with Crippen molar-refractivity contribution in [1.82, 2.24) is 19.8 Å². The minimum atomic E-state index is 0.866. The normalized spacial score (nSPS) is 31.7.